The quantitative estimate of drug-likeness (QED) is 0.498. The SMILES string of the molecule is CC(C)(C)OC(=O)COC1CCN(C(=O)CNC(=O)CCC2CCN(C(=O)OC(C)(C)C)CC2)CC1. The lowest BCUT2D eigenvalue weighted by molar-refractivity contribution is -0.163. The molecule has 0 saturated carbocycles. The van der Waals surface area contributed by atoms with Crippen molar-refractivity contribution >= 4 is 23.9 Å². The normalized spacial score (nSPS) is 18.1. The van der Waals surface area contributed by atoms with E-state index in [2.05, 4.69) is 5.32 Å². The molecule has 0 spiro atoms. The summed E-state index contributed by atoms with van der Waals surface area (Å²) in [6.45, 7) is 13.2. The Morgan fingerprint density at radius 3 is 1.92 bits per heavy atom. The fourth-order valence-corrected chi connectivity index (χ4v) is 4.27. The summed E-state index contributed by atoms with van der Waals surface area (Å²) in [6.07, 6.45) is 3.71. The average Bonchev–Trinajstić information content (AvgIpc) is 2.78. The molecule has 0 bridgehead atoms. The Morgan fingerprint density at radius 2 is 1.36 bits per heavy atom. The third-order valence-electron chi connectivity index (χ3n) is 6.13. The Kier molecular flexibility index (Phi) is 11.0. The van der Waals surface area contributed by atoms with Crippen LogP contribution in [0.1, 0.15) is 80.1 Å². The fourth-order valence-electron chi connectivity index (χ4n) is 4.27. The van der Waals surface area contributed by atoms with Gasteiger partial charge in [0.15, 0.2) is 0 Å². The molecular formula is C26H45N3O7. The van der Waals surface area contributed by atoms with Gasteiger partial charge in [0.05, 0.1) is 12.6 Å². The molecule has 0 unspecified atom stereocenters. The maximum Gasteiger partial charge on any atom is 0.410 e. The van der Waals surface area contributed by atoms with Crippen molar-refractivity contribution in [1.29, 1.82) is 0 Å². The van der Waals surface area contributed by atoms with Crippen LogP contribution in [-0.2, 0) is 28.6 Å². The Balaban J connectivity index is 1.57. The molecule has 2 fully saturated rings. The molecule has 0 aromatic carbocycles. The molecule has 2 aliphatic heterocycles. The third kappa shape index (κ3) is 11.6. The zero-order chi connectivity index (χ0) is 26.9. The van der Waals surface area contributed by atoms with Crippen LogP contribution in [0.3, 0.4) is 0 Å². The van der Waals surface area contributed by atoms with E-state index in [-0.39, 0.29) is 37.2 Å². The van der Waals surface area contributed by atoms with Gasteiger partial charge in [0, 0.05) is 32.6 Å². The van der Waals surface area contributed by atoms with Gasteiger partial charge in [0.25, 0.3) is 0 Å². The predicted octanol–water partition coefficient (Wildman–Crippen LogP) is 2.88. The number of esters is 1. The van der Waals surface area contributed by atoms with Gasteiger partial charge in [-0.25, -0.2) is 9.59 Å². The van der Waals surface area contributed by atoms with Gasteiger partial charge in [0.2, 0.25) is 11.8 Å². The molecule has 2 heterocycles. The van der Waals surface area contributed by atoms with Crippen LogP contribution in [0, 0.1) is 5.92 Å². The molecule has 2 aliphatic rings. The topological polar surface area (TPSA) is 114 Å². The van der Waals surface area contributed by atoms with Gasteiger partial charge in [0.1, 0.15) is 17.8 Å². The van der Waals surface area contributed by atoms with Crippen molar-refractivity contribution in [2.75, 3.05) is 39.3 Å². The summed E-state index contributed by atoms with van der Waals surface area (Å²) in [5, 5.41) is 2.74. The highest BCUT2D eigenvalue weighted by Crippen LogP contribution is 2.23. The molecule has 0 aromatic rings. The van der Waals surface area contributed by atoms with Crippen LogP contribution < -0.4 is 5.32 Å². The van der Waals surface area contributed by atoms with Crippen molar-refractivity contribution in [2.24, 2.45) is 5.92 Å². The summed E-state index contributed by atoms with van der Waals surface area (Å²) in [4.78, 5) is 52.2. The summed E-state index contributed by atoms with van der Waals surface area (Å²) in [5.41, 5.74) is -1.05. The number of ether oxygens (including phenoxy) is 3. The van der Waals surface area contributed by atoms with Gasteiger partial charge in [-0.2, -0.15) is 0 Å². The van der Waals surface area contributed by atoms with E-state index in [9.17, 15) is 19.2 Å². The number of nitrogens with one attached hydrogen (secondary N) is 1. The summed E-state index contributed by atoms with van der Waals surface area (Å²) in [7, 11) is 0. The Labute approximate surface area is 215 Å². The molecular weight excluding hydrogens is 466 g/mol. The van der Waals surface area contributed by atoms with Crippen molar-refractivity contribution in [3.63, 3.8) is 0 Å². The van der Waals surface area contributed by atoms with Gasteiger partial charge in [-0.15, -0.1) is 0 Å². The van der Waals surface area contributed by atoms with Crippen LogP contribution in [-0.4, -0.2) is 90.3 Å². The minimum atomic E-state index is -0.542. The summed E-state index contributed by atoms with van der Waals surface area (Å²) >= 11 is 0. The lowest BCUT2D eigenvalue weighted by Crippen LogP contribution is -2.45. The number of nitrogens with zero attached hydrogens (tertiary/aromatic N) is 2. The third-order valence-corrected chi connectivity index (χ3v) is 6.13. The first-order chi connectivity index (χ1) is 16.7. The van der Waals surface area contributed by atoms with Crippen molar-refractivity contribution < 1.29 is 33.4 Å². The minimum Gasteiger partial charge on any atom is -0.458 e. The van der Waals surface area contributed by atoms with Crippen molar-refractivity contribution in [3.8, 4) is 0 Å². The van der Waals surface area contributed by atoms with Crippen LogP contribution in [0.15, 0.2) is 0 Å². The Bertz CT molecular complexity index is 756. The standard InChI is InChI=1S/C26H45N3O7/c1-25(2,3)35-23(32)18-34-20-11-15-28(16-12-20)22(31)17-27-21(30)8-7-19-9-13-29(14-10-19)24(33)36-26(4,5)6/h19-20H,7-18H2,1-6H3,(H,27,30). The van der Waals surface area contributed by atoms with Gasteiger partial charge in [-0.1, -0.05) is 0 Å². The van der Waals surface area contributed by atoms with E-state index >= 15 is 0 Å². The maximum absolute atomic E-state index is 12.5. The molecule has 3 amide bonds. The van der Waals surface area contributed by atoms with Crippen LogP contribution in [0.4, 0.5) is 4.79 Å². The highest BCUT2D eigenvalue weighted by Gasteiger charge is 2.28. The second kappa shape index (κ2) is 13.3. The van der Waals surface area contributed by atoms with Gasteiger partial charge in [-0.3, -0.25) is 9.59 Å². The van der Waals surface area contributed by atoms with Crippen molar-refractivity contribution in [1.82, 2.24) is 15.1 Å². The molecule has 2 rings (SSSR count). The van der Waals surface area contributed by atoms with E-state index in [0.29, 0.717) is 51.4 Å². The van der Waals surface area contributed by atoms with Crippen LogP contribution in [0.2, 0.25) is 0 Å². The maximum atomic E-state index is 12.5. The van der Waals surface area contributed by atoms with E-state index in [0.717, 1.165) is 19.3 Å². The highest BCUT2D eigenvalue weighted by atomic mass is 16.6. The Hall–Kier alpha value is -2.36. The molecule has 36 heavy (non-hydrogen) atoms. The zero-order valence-corrected chi connectivity index (χ0v) is 22.9. The van der Waals surface area contributed by atoms with Crippen LogP contribution in [0.5, 0.6) is 0 Å². The first-order valence-electron chi connectivity index (χ1n) is 13.1. The number of amides is 3. The lowest BCUT2D eigenvalue weighted by atomic mass is 9.92. The summed E-state index contributed by atoms with van der Waals surface area (Å²) in [6, 6.07) is 0. The summed E-state index contributed by atoms with van der Waals surface area (Å²) < 4.78 is 16.3. The minimum absolute atomic E-state index is 0.0145. The number of hydrogen-bond donors (Lipinski definition) is 1. The van der Waals surface area contributed by atoms with E-state index in [1.165, 1.54) is 0 Å². The van der Waals surface area contributed by atoms with Crippen molar-refractivity contribution in [2.45, 2.75) is 97.4 Å². The molecule has 2 saturated heterocycles. The number of piperidine rings is 2. The van der Waals surface area contributed by atoms with E-state index in [1.807, 2.05) is 41.5 Å². The van der Waals surface area contributed by atoms with E-state index in [1.54, 1.807) is 9.80 Å². The molecule has 10 nitrogen and oxygen atoms in total. The average molecular weight is 512 g/mol. The van der Waals surface area contributed by atoms with Crippen LogP contribution in [0.25, 0.3) is 0 Å². The molecule has 1 N–H and O–H groups in total. The van der Waals surface area contributed by atoms with E-state index < -0.39 is 17.2 Å². The molecule has 0 aliphatic carbocycles. The second-order valence-corrected chi connectivity index (χ2v) is 11.7. The van der Waals surface area contributed by atoms with Gasteiger partial charge < -0.3 is 29.3 Å². The second-order valence-electron chi connectivity index (χ2n) is 11.7. The van der Waals surface area contributed by atoms with Gasteiger partial charge in [-0.05, 0) is 79.6 Å². The molecule has 0 atom stereocenters. The summed E-state index contributed by atoms with van der Waals surface area (Å²) in [5.74, 6) is -0.254. The fraction of sp³-hybridized carbons (Fsp3) is 0.846. The number of rotatable bonds is 8. The molecule has 206 valence electrons. The number of carbonyl (C=O) groups is 4. The van der Waals surface area contributed by atoms with Crippen LogP contribution >= 0.6 is 0 Å². The smallest absolute Gasteiger partial charge is 0.410 e. The number of carbonyl (C=O) groups excluding carboxylic acids is 4. The number of hydrogen-bond acceptors (Lipinski definition) is 7. The molecule has 10 heteroatoms. The predicted molar refractivity (Wildman–Crippen MR) is 134 cm³/mol. The Morgan fingerprint density at radius 1 is 0.806 bits per heavy atom. The first-order valence-corrected chi connectivity index (χ1v) is 13.1. The largest absolute Gasteiger partial charge is 0.458 e. The zero-order valence-electron chi connectivity index (χ0n) is 22.9. The monoisotopic (exact) mass is 511 g/mol. The van der Waals surface area contributed by atoms with E-state index in [4.69, 9.17) is 14.2 Å². The first kappa shape index (κ1) is 29.9. The molecule has 0 aromatic heterocycles. The molecule has 0 radical (unpaired) electrons. The lowest BCUT2D eigenvalue weighted by Gasteiger charge is -2.33. The number of likely N-dealkylation sites (tertiary alicyclic amines) is 2. The van der Waals surface area contributed by atoms with Crippen molar-refractivity contribution in [3.05, 3.63) is 0 Å². The van der Waals surface area contributed by atoms with Gasteiger partial charge >= 0.3 is 12.1 Å². The highest BCUT2D eigenvalue weighted by molar-refractivity contribution is 5.84.